The molecule has 2 heterocycles. The summed E-state index contributed by atoms with van der Waals surface area (Å²) in [6.07, 6.45) is 1.27. The number of nitrogens with zero attached hydrogens (tertiary/aromatic N) is 2. The van der Waals surface area contributed by atoms with E-state index in [0.29, 0.717) is 17.0 Å². The molecular formula is C22H14ClN3O6S. The zero-order valence-electron chi connectivity index (χ0n) is 16.9. The fourth-order valence-corrected chi connectivity index (χ4v) is 3.65. The van der Waals surface area contributed by atoms with Gasteiger partial charge in [-0.15, -0.1) is 0 Å². The third kappa shape index (κ3) is 4.34. The lowest BCUT2D eigenvalue weighted by molar-refractivity contribution is -0.384. The van der Waals surface area contributed by atoms with Crippen molar-refractivity contribution in [2.45, 2.75) is 0 Å². The van der Waals surface area contributed by atoms with Crippen molar-refractivity contribution >= 4 is 58.2 Å². The molecule has 3 aromatic rings. The van der Waals surface area contributed by atoms with Crippen molar-refractivity contribution in [3.05, 3.63) is 81.1 Å². The summed E-state index contributed by atoms with van der Waals surface area (Å²) in [6.45, 7) is 0. The highest BCUT2D eigenvalue weighted by Crippen LogP contribution is 2.33. The third-order valence-electron chi connectivity index (χ3n) is 4.77. The number of nitro groups is 1. The number of benzene rings is 2. The Morgan fingerprint density at radius 3 is 2.55 bits per heavy atom. The van der Waals surface area contributed by atoms with Gasteiger partial charge >= 0.3 is 0 Å². The molecule has 0 spiro atoms. The van der Waals surface area contributed by atoms with Crippen molar-refractivity contribution in [1.82, 2.24) is 5.32 Å². The van der Waals surface area contributed by atoms with E-state index in [-0.39, 0.29) is 32.9 Å². The van der Waals surface area contributed by atoms with Crippen LogP contribution in [0.2, 0.25) is 5.02 Å². The third-order valence-corrected chi connectivity index (χ3v) is 5.39. The number of halogens is 1. The predicted octanol–water partition coefficient (Wildman–Crippen LogP) is 4.35. The quantitative estimate of drug-likeness (QED) is 0.188. The van der Waals surface area contributed by atoms with E-state index >= 15 is 0 Å². The highest BCUT2D eigenvalue weighted by molar-refractivity contribution is 7.80. The lowest BCUT2D eigenvalue weighted by Crippen LogP contribution is -2.54. The number of furan rings is 1. The maximum Gasteiger partial charge on any atom is 0.270 e. The molecule has 9 nitrogen and oxygen atoms in total. The second-order valence-corrected chi connectivity index (χ2v) is 7.57. The number of amides is 2. The van der Waals surface area contributed by atoms with Crippen LogP contribution >= 0.6 is 23.8 Å². The Labute approximate surface area is 197 Å². The fourth-order valence-electron chi connectivity index (χ4n) is 3.16. The number of hydrogen-bond donors (Lipinski definition) is 1. The van der Waals surface area contributed by atoms with Gasteiger partial charge in [0.2, 0.25) is 0 Å². The molecule has 166 valence electrons. The van der Waals surface area contributed by atoms with Gasteiger partial charge in [0, 0.05) is 17.7 Å². The molecule has 0 radical (unpaired) electrons. The van der Waals surface area contributed by atoms with Crippen LogP contribution in [-0.2, 0) is 9.59 Å². The van der Waals surface area contributed by atoms with Gasteiger partial charge in [-0.1, -0.05) is 11.6 Å². The van der Waals surface area contributed by atoms with Gasteiger partial charge < -0.3 is 9.15 Å². The average Bonchev–Trinajstić information content (AvgIpc) is 3.25. The van der Waals surface area contributed by atoms with Gasteiger partial charge in [-0.25, -0.2) is 0 Å². The standard InChI is InChI=1S/C22H14ClN3O6S/c1-31-14-5-2-12(3-6-14)25-21(28)17(20(27)24-22(25)33)11-15-7-9-19(32-15)16-10-13(26(29)30)4-8-18(16)23/h2-11H,1H3,(H,24,27,33). The number of carbonyl (C=O) groups is 2. The summed E-state index contributed by atoms with van der Waals surface area (Å²) in [5, 5.41) is 13.7. The number of nitrogens with one attached hydrogen (secondary N) is 1. The molecule has 0 unspecified atom stereocenters. The molecule has 33 heavy (non-hydrogen) atoms. The maximum absolute atomic E-state index is 13.1. The van der Waals surface area contributed by atoms with Crippen LogP contribution in [-0.4, -0.2) is 29.0 Å². The van der Waals surface area contributed by atoms with Crippen molar-refractivity contribution in [3.8, 4) is 17.1 Å². The predicted molar refractivity (Wildman–Crippen MR) is 125 cm³/mol. The number of rotatable bonds is 5. The highest BCUT2D eigenvalue weighted by atomic mass is 35.5. The second kappa shape index (κ2) is 8.85. The summed E-state index contributed by atoms with van der Waals surface area (Å²) < 4.78 is 10.8. The number of ether oxygens (including phenoxy) is 1. The van der Waals surface area contributed by atoms with Crippen molar-refractivity contribution in [1.29, 1.82) is 0 Å². The van der Waals surface area contributed by atoms with Crippen molar-refractivity contribution in [2.24, 2.45) is 0 Å². The molecule has 1 N–H and O–H groups in total. The molecule has 0 aliphatic carbocycles. The molecule has 1 saturated heterocycles. The Bertz CT molecular complexity index is 1330. The maximum atomic E-state index is 13.1. The molecule has 1 aliphatic rings. The van der Waals surface area contributed by atoms with Crippen molar-refractivity contribution in [3.63, 3.8) is 0 Å². The molecule has 1 fully saturated rings. The Morgan fingerprint density at radius 1 is 1.15 bits per heavy atom. The molecule has 11 heteroatoms. The largest absolute Gasteiger partial charge is 0.497 e. The fraction of sp³-hybridized carbons (Fsp3) is 0.0455. The number of thiocarbonyl (C=S) groups is 1. The molecular weight excluding hydrogens is 470 g/mol. The van der Waals surface area contributed by atoms with Crippen LogP contribution in [0.15, 0.2) is 64.6 Å². The Hall–Kier alpha value is -4.02. The molecule has 0 atom stereocenters. The van der Waals surface area contributed by atoms with E-state index in [1.807, 2.05) is 0 Å². The smallest absolute Gasteiger partial charge is 0.270 e. The molecule has 0 saturated carbocycles. The summed E-state index contributed by atoms with van der Waals surface area (Å²) in [7, 11) is 1.52. The van der Waals surface area contributed by atoms with E-state index in [2.05, 4.69) is 5.32 Å². The van der Waals surface area contributed by atoms with Crippen LogP contribution in [0.3, 0.4) is 0 Å². The van der Waals surface area contributed by atoms with E-state index in [1.54, 1.807) is 24.3 Å². The van der Waals surface area contributed by atoms with E-state index in [9.17, 15) is 19.7 Å². The molecule has 0 bridgehead atoms. The summed E-state index contributed by atoms with van der Waals surface area (Å²) in [6, 6.07) is 13.6. The van der Waals surface area contributed by atoms with E-state index in [4.69, 9.17) is 33.0 Å². The van der Waals surface area contributed by atoms with Crippen molar-refractivity contribution < 1.29 is 23.7 Å². The van der Waals surface area contributed by atoms with Crippen LogP contribution in [0.25, 0.3) is 17.4 Å². The van der Waals surface area contributed by atoms with Crippen LogP contribution in [0.4, 0.5) is 11.4 Å². The molecule has 4 rings (SSSR count). The van der Waals surface area contributed by atoms with Gasteiger partial charge in [-0.2, -0.15) is 0 Å². The van der Waals surface area contributed by atoms with Gasteiger partial charge in [0.05, 0.1) is 22.7 Å². The van der Waals surface area contributed by atoms with E-state index in [1.165, 1.54) is 48.4 Å². The number of anilines is 1. The minimum Gasteiger partial charge on any atom is -0.497 e. The molecule has 1 aromatic heterocycles. The normalized spacial score (nSPS) is 15.0. The van der Waals surface area contributed by atoms with Crippen LogP contribution in [0.1, 0.15) is 5.76 Å². The van der Waals surface area contributed by atoms with Gasteiger partial charge in [-0.3, -0.25) is 29.9 Å². The highest BCUT2D eigenvalue weighted by Gasteiger charge is 2.34. The molecule has 1 aliphatic heterocycles. The number of nitro benzene ring substituents is 1. The number of carbonyl (C=O) groups excluding carboxylic acids is 2. The van der Waals surface area contributed by atoms with Gasteiger partial charge in [-0.05, 0) is 60.8 Å². The lowest BCUT2D eigenvalue weighted by Gasteiger charge is -2.28. The Morgan fingerprint density at radius 2 is 1.88 bits per heavy atom. The topological polar surface area (TPSA) is 115 Å². The van der Waals surface area contributed by atoms with Crippen LogP contribution < -0.4 is 15.0 Å². The van der Waals surface area contributed by atoms with E-state index < -0.39 is 16.7 Å². The SMILES string of the molecule is COc1ccc(N2C(=O)C(=Cc3ccc(-c4cc([N+](=O)[O-])ccc4Cl)o3)C(=O)NC2=S)cc1. The number of non-ortho nitro benzene ring substituents is 1. The Kier molecular flexibility index (Phi) is 5.95. The second-order valence-electron chi connectivity index (χ2n) is 6.78. The summed E-state index contributed by atoms with van der Waals surface area (Å²) in [4.78, 5) is 37.3. The first-order chi connectivity index (χ1) is 15.8. The first kappa shape index (κ1) is 22.2. The minimum absolute atomic E-state index is 0.0594. The van der Waals surface area contributed by atoms with Gasteiger partial charge in [0.1, 0.15) is 22.8 Å². The van der Waals surface area contributed by atoms with Crippen molar-refractivity contribution in [2.75, 3.05) is 12.0 Å². The summed E-state index contributed by atoms with van der Waals surface area (Å²) in [5.74, 6) is -0.312. The van der Waals surface area contributed by atoms with Gasteiger partial charge in [0.25, 0.3) is 17.5 Å². The zero-order valence-corrected chi connectivity index (χ0v) is 18.5. The number of hydrogen-bond acceptors (Lipinski definition) is 7. The lowest BCUT2D eigenvalue weighted by atomic mass is 10.1. The molecule has 2 amide bonds. The first-order valence-corrected chi connectivity index (χ1v) is 10.2. The summed E-state index contributed by atoms with van der Waals surface area (Å²) in [5.41, 5.74) is 0.387. The monoisotopic (exact) mass is 483 g/mol. The van der Waals surface area contributed by atoms with Crippen LogP contribution in [0, 0.1) is 10.1 Å². The zero-order chi connectivity index (χ0) is 23.7. The average molecular weight is 484 g/mol. The van der Waals surface area contributed by atoms with Gasteiger partial charge in [0.15, 0.2) is 5.11 Å². The minimum atomic E-state index is -0.680. The Balaban J connectivity index is 1.67. The first-order valence-electron chi connectivity index (χ1n) is 9.38. The molecule has 2 aromatic carbocycles. The van der Waals surface area contributed by atoms with E-state index in [0.717, 1.165) is 0 Å². The van der Waals surface area contributed by atoms with Crippen LogP contribution in [0.5, 0.6) is 5.75 Å². The summed E-state index contributed by atoms with van der Waals surface area (Å²) >= 11 is 11.3. The number of methoxy groups -OCH3 is 1.